The monoisotopic (exact) mass is 1820 g/mol. The maximum absolute atomic E-state index is 7.00. The maximum Gasteiger partial charge on any atom is 0.172 e. The van der Waals surface area contributed by atoms with Crippen molar-refractivity contribution in [2.24, 2.45) is 0 Å². The zero-order valence-electron chi connectivity index (χ0n) is 78.5. The van der Waals surface area contributed by atoms with Crippen LogP contribution in [0.25, 0.3) is 87.6 Å². The van der Waals surface area contributed by atoms with Crippen molar-refractivity contribution < 1.29 is 9.47 Å². The molecular weight excluding hydrogens is 1730 g/mol. The summed E-state index contributed by atoms with van der Waals surface area (Å²) < 4.78 is 14.0. The molecule has 0 aromatic heterocycles. The molecule has 0 saturated heterocycles. The van der Waals surface area contributed by atoms with Crippen LogP contribution in [0.3, 0.4) is 0 Å². The van der Waals surface area contributed by atoms with Crippen LogP contribution in [0, 0.1) is 0 Å². The van der Waals surface area contributed by atoms with E-state index in [0.29, 0.717) is 23.0 Å². The molecule has 0 radical (unpaired) electrons. The average molecular weight is 1820 g/mol. The molecule has 22 aromatic carbocycles. The lowest BCUT2D eigenvalue weighted by Gasteiger charge is -2.31. The molecule has 676 valence electrons. The van der Waals surface area contributed by atoms with E-state index in [-0.39, 0.29) is 10.8 Å². The summed E-state index contributed by atoms with van der Waals surface area (Å²) in [4.78, 5) is 14.4. The summed E-state index contributed by atoms with van der Waals surface area (Å²) in [5.41, 5.74) is 34.9. The Morgan fingerprint density at radius 1 is 0.155 bits per heavy atom. The predicted molar refractivity (Wildman–Crippen MR) is 591 cm³/mol. The highest BCUT2D eigenvalue weighted by atomic mass is 16.6. The second-order valence-electron chi connectivity index (χ2n) is 38.5. The van der Waals surface area contributed by atoms with E-state index in [2.05, 4.69) is 521 Å². The van der Waals surface area contributed by atoms with Gasteiger partial charge in [0.1, 0.15) is 0 Å². The number of anilines is 18. The molecule has 8 heteroatoms. The standard InChI is InChI=1S/C134H98N6O2/c1-6-33-97(34-7-1)135(98-35-8-2-9-36-98)104-62-64-106(65-63-104)137(109-70-75-119-117-47-22-24-51-123(117)133(125(119)87-109)79-26-27-80-133)102-58-53-91(54-59-102)92-55-60-103(61-56-92)138(110-71-76-120-118-48-23-25-52-124(118)134(126(120)88-110)81-28-29-82-134)107-68-66-105(67-69-107)136(99-37-10-3-11-38-99)108-43-30-32-93(84-108)94-57-74-114-96(83-94)86-128(122-50-21-19-46-116(114)122)140(101-41-14-5-15-42-101)112-73-78-130-132(90-112)142-129-77-72-111(89-131(129)141-130)139(100-39-12-4-13-40-100)127-85-95-31-16-17-44-113(95)115-45-18-20-49-121(115)127/h1-25,30-78,83-90H,26-29,79-82H2. The highest BCUT2D eigenvalue weighted by Crippen LogP contribution is 2.62. The van der Waals surface area contributed by atoms with Gasteiger partial charge in [-0.1, -0.05) is 299 Å². The molecule has 5 aliphatic rings. The summed E-state index contributed by atoms with van der Waals surface area (Å²) >= 11 is 0. The molecule has 0 atom stereocenters. The molecule has 2 saturated carbocycles. The molecular formula is C134H98N6O2. The van der Waals surface area contributed by atoms with E-state index in [0.717, 1.165) is 159 Å². The van der Waals surface area contributed by atoms with Crippen LogP contribution < -0.4 is 38.9 Å². The van der Waals surface area contributed by atoms with Gasteiger partial charge in [0.15, 0.2) is 23.0 Å². The number of hydrogen-bond donors (Lipinski definition) is 0. The Balaban J connectivity index is 0.514. The van der Waals surface area contributed by atoms with E-state index in [1.807, 2.05) is 6.07 Å². The van der Waals surface area contributed by atoms with Crippen molar-refractivity contribution in [2.45, 2.75) is 62.2 Å². The van der Waals surface area contributed by atoms with Crippen LogP contribution in [0.2, 0.25) is 0 Å². The van der Waals surface area contributed by atoms with Crippen LogP contribution in [-0.4, -0.2) is 0 Å². The van der Waals surface area contributed by atoms with Gasteiger partial charge in [-0.15, -0.1) is 0 Å². The van der Waals surface area contributed by atoms with E-state index in [1.165, 1.54) is 105 Å². The Hall–Kier alpha value is -17.7. The lowest BCUT2D eigenvalue weighted by atomic mass is 9.76. The summed E-state index contributed by atoms with van der Waals surface area (Å²) in [5, 5.41) is 9.30. The number of benzene rings is 22. The molecule has 2 fully saturated rings. The third kappa shape index (κ3) is 14.3. The van der Waals surface area contributed by atoms with Crippen LogP contribution in [0.5, 0.6) is 23.0 Å². The minimum atomic E-state index is -0.0226. The summed E-state index contributed by atoms with van der Waals surface area (Å²) in [6, 6.07) is 183. The van der Waals surface area contributed by atoms with Gasteiger partial charge >= 0.3 is 0 Å². The highest BCUT2D eigenvalue weighted by Gasteiger charge is 2.47. The number of nitrogens with zero attached hydrogens (tertiary/aromatic N) is 6. The third-order valence-electron chi connectivity index (χ3n) is 30.6. The van der Waals surface area contributed by atoms with Crippen molar-refractivity contribution in [1.29, 1.82) is 0 Å². The van der Waals surface area contributed by atoms with E-state index in [9.17, 15) is 0 Å². The lowest BCUT2D eigenvalue weighted by molar-refractivity contribution is 0.360. The van der Waals surface area contributed by atoms with Crippen LogP contribution >= 0.6 is 0 Å². The highest BCUT2D eigenvalue weighted by molar-refractivity contribution is 6.17. The van der Waals surface area contributed by atoms with Crippen molar-refractivity contribution in [3.8, 4) is 67.5 Å². The predicted octanol–water partition coefficient (Wildman–Crippen LogP) is 38.0. The van der Waals surface area contributed by atoms with Crippen molar-refractivity contribution in [3.63, 3.8) is 0 Å². The molecule has 27 rings (SSSR count). The third-order valence-corrected chi connectivity index (χ3v) is 30.6. The van der Waals surface area contributed by atoms with E-state index in [4.69, 9.17) is 9.47 Å². The molecule has 0 amide bonds. The van der Waals surface area contributed by atoms with Crippen LogP contribution in [0.1, 0.15) is 73.6 Å². The summed E-state index contributed by atoms with van der Waals surface area (Å²) in [7, 11) is 0. The number of fused-ring (bicyclic) bond motifs is 18. The minimum Gasteiger partial charge on any atom is -0.449 e. The first kappa shape index (κ1) is 83.6. The van der Waals surface area contributed by atoms with Crippen molar-refractivity contribution in [2.75, 3.05) is 29.4 Å². The zero-order valence-corrected chi connectivity index (χ0v) is 78.5. The molecule has 0 bridgehead atoms. The molecule has 1 heterocycles. The Kier molecular flexibility index (Phi) is 20.5. The normalized spacial score (nSPS) is 13.6. The van der Waals surface area contributed by atoms with Gasteiger partial charge in [0.2, 0.25) is 0 Å². The molecule has 0 unspecified atom stereocenters. The Bertz CT molecular complexity index is 8560. The molecule has 142 heavy (non-hydrogen) atoms. The van der Waals surface area contributed by atoms with Gasteiger partial charge in [0, 0.05) is 113 Å². The Labute approximate surface area is 828 Å². The summed E-state index contributed by atoms with van der Waals surface area (Å²) in [6.45, 7) is 0. The molecule has 8 nitrogen and oxygen atoms in total. The van der Waals surface area contributed by atoms with E-state index in [1.54, 1.807) is 0 Å². The van der Waals surface area contributed by atoms with Crippen molar-refractivity contribution >= 4 is 145 Å². The molecule has 2 spiro atoms. The zero-order chi connectivity index (χ0) is 93.8. The second-order valence-corrected chi connectivity index (χ2v) is 38.5. The van der Waals surface area contributed by atoms with Gasteiger partial charge in [-0.05, 0) is 337 Å². The first-order valence-electron chi connectivity index (χ1n) is 49.9. The first-order valence-corrected chi connectivity index (χ1v) is 49.9. The number of hydrogen-bond acceptors (Lipinski definition) is 8. The van der Waals surface area contributed by atoms with Crippen LogP contribution in [0.15, 0.2) is 497 Å². The lowest BCUT2D eigenvalue weighted by Crippen LogP contribution is -2.21. The first-order chi connectivity index (χ1) is 70.3. The van der Waals surface area contributed by atoms with E-state index < -0.39 is 0 Å². The smallest absolute Gasteiger partial charge is 0.172 e. The largest absolute Gasteiger partial charge is 0.449 e. The SMILES string of the molecule is c1ccc(N(c2ccccc2)c2ccc(N(c3ccc(-c4ccc(N(c5ccc(N(c6ccccc6)c6cccc(-c7ccc8c(c7)cc(N(c7ccccc7)c7ccc9c(c7)Oc7ccc(N(c%10ccccc%10)c%10cc%11ccccc%11c%11ccccc%10%11)cc7O9)c7ccccc78)c6)cc5)c5ccc6c(c5)C5(CCCC5)c5ccccc5-6)cc4)cc3)c3ccc4c(c3)C3(CCCC3)c3ccccc3-4)cc2)cc1. The van der Waals surface area contributed by atoms with Crippen molar-refractivity contribution in [3.05, 3.63) is 520 Å². The fourth-order valence-corrected chi connectivity index (χ4v) is 24.2. The molecule has 22 aromatic rings. The summed E-state index contributed by atoms with van der Waals surface area (Å²) in [6.07, 6.45) is 9.52. The van der Waals surface area contributed by atoms with Crippen LogP contribution in [0.4, 0.5) is 102 Å². The topological polar surface area (TPSA) is 37.9 Å². The van der Waals surface area contributed by atoms with Gasteiger partial charge in [0.25, 0.3) is 0 Å². The van der Waals surface area contributed by atoms with Gasteiger partial charge in [0.05, 0.1) is 22.7 Å². The molecule has 1 aliphatic heterocycles. The minimum absolute atomic E-state index is 0.0140. The Morgan fingerprint density at radius 3 is 0.859 bits per heavy atom. The van der Waals surface area contributed by atoms with Gasteiger partial charge in [-0.25, -0.2) is 0 Å². The molecule has 0 N–H and O–H groups in total. The van der Waals surface area contributed by atoms with Gasteiger partial charge in [-0.3, -0.25) is 0 Å². The number of ether oxygens (including phenoxy) is 2. The summed E-state index contributed by atoms with van der Waals surface area (Å²) in [5.74, 6) is 2.53. The fraction of sp³-hybridized carbons (Fsp3) is 0.0746. The average Bonchev–Trinajstić information content (AvgIpc) is 1.52. The second kappa shape index (κ2) is 34.8. The molecule has 4 aliphatic carbocycles. The van der Waals surface area contributed by atoms with Gasteiger partial charge < -0.3 is 38.9 Å². The quantitative estimate of drug-likeness (QED) is 0.0699. The number of para-hydroxylation sites is 5. The van der Waals surface area contributed by atoms with E-state index >= 15 is 0 Å². The van der Waals surface area contributed by atoms with Crippen molar-refractivity contribution in [1.82, 2.24) is 0 Å². The van der Waals surface area contributed by atoms with Gasteiger partial charge in [-0.2, -0.15) is 0 Å². The Morgan fingerprint density at radius 2 is 0.437 bits per heavy atom. The van der Waals surface area contributed by atoms with Crippen LogP contribution in [-0.2, 0) is 10.8 Å². The number of rotatable bonds is 20. The fourth-order valence-electron chi connectivity index (χ4n) is 24.2. The maximum atomic E-state index is 7.00.